The van der Waals surface area contributed by atoms with E-state index >= 15 is 0 Å². The topological polar surface area (TPSA) is 27.3 Å². The molecule has 6 heteroatoms. The lowest BCUT2D eigenvalue weighted by molar-refractivity contribution is 0.487. The third kappa shape index (κ3) is 4.69. The van der Waals surface area contributed by atoms with Gasteiger partial charge in [-0.1, -0.05) is 146 Å². The lowest BCUT2D eigenvalue weighted by atomic mass is 9.34. The summed E-state index contributed by atoms with van der Waals surface area (Å²) in [6.07, 6.45) is 0. The molecule has 0 radical (unpaired) electrons. The molecule has 0 saturated carbocycles. The lowest BCUT2D eigenvalue weighted by Crippen LogP contribution is -2.58. The van der Waals surface area contributed by atoms with Crippen molar-refractivity contribution >= 4 is 106 Å². The van der Waals surface area contributed by atoms with Gasteiger partial charge in [0.2, 0.25) is 0 Å². The van der Waals surface area contributed by atoms with Crippen LogP contribution in [0.1, 0.15) is 0 Å². The zero-order valence-corrected chi connectivity index (χ0v) is 35.6. The monoisotopic (exact) mass is 840 g/mol. The van der Waals surface area contributed by atoms with Gasteiger partial charge in [-0.25, -0.2) is 0 Å². The summed E-state index contributed by atoms with van der Waals surface area (Å²) in [6.45, 7) is -0.0481. The maximum atomic E-state index is 7.14. The van der Waals surface area contributed by atoms with Crippen LogP contribution in [0.15, 0.2) is 224 Å². The molecule has 306 valence electrons. The molecule has 10 aromatic carbocycles. The average molecular weight is 841 g/mol. The van der Waals surface area contributed by atoms with Crippen molar-refractivity contribution in [1.29, 1.82) is 0 Å². The number of ether oxygens (including phenoxy) is 1. The van der Waals surface area contributed by atoms with Gasteiger partial charge in [0, 0.05) is 72.3 Å². The molecular weight excluding hydrogens is 803 g/mol. The Morgan fingerprint density at radius 2 is 0.818 bits per heavy atom. The van der Waals surface area contributed by atoms with Crippen LogP contribution in [-0.4, -0.2) is 20.4 Å². The minimum Gasteiger partial charge on any atom is -0.458 e. The number of nitrogens with zero attached hydrogens (tertiary/aromatic N) is 4. The van der Waals surface area contributed by atoms with Crippen molar-refractivity contribution in [2.75, 3.05) is 4.90 Å². The van der Waals surface area contributed by atoms with Gasteiger partial charge >= 0.3 is 0 Å². The molecule has 0 bridgehead atoms. The van der Waals surface area contributed by atoms with Gasteiger partial charge in [-0.05, 0) is 89.2 Å². The molecule has 3 aromatic heterocycles. The molecule has 5 heterocycles. The summed E-state index contributed by atoms with van der Waals surface area (Å²) in [5, 5.41) is 7.37. The molecule has 0 N–H and O–H groups in total. The Labute approximate surface area is 380 Å². The van der Waals surface area contributed by atoms with Crippen molar-refractivity contribution < 1.29 is 4.74 Å². The first kappa shape index (κ1) is 35.7. The van der Waals surface area contributed by atoms with E-state index in [0.717, 1.165) is 45.6 Å². The molecule has 0 unspecified atom stereocenters. The minimum absolute atomic E-state index is 0.0481. The van der Waals surface area contributed by atoms with Gasteiger partial charge in [-0.3, -0.25) is 0 Å². The number of para-hydroxylation sites is 8. The molecule has 0 fully saturated rings. The van der Waals surface area contributed by atoms with Crippen LogP contribution < -0.4 is 26.0 Å². The molecule has 66 heavy (non-hydrogen) atoms. The highest BCUT2D eigenvalue weighted by molar-refractivity contribution is 6.99. The van der Waals surface area contributed by atoms with Crippen molar-refractivity contribution in [3.63, 3.8) is 0 Å². The maximum absolute atomic E-state index is 7.14. The van der Waals surface area contributed by atoms with E-state index in [2.05, 4.69) is 243 Å². The zero-order valence-electron chi connectivity index (χ0n) is 35.6. The Kier molecular flexibility index (Phi) is 7.24. The highest BCUT2D eigenvalue weighted by Gasteiger charge is 2.42. The Bertz CT molecular complexity index is 4100. The summed E-state index contributed by atoms with van der Waals surface area (Å²) in [7, 11) is 0. The molecule has 5 nitrogen and oxygen atoms in total. The smallest absolute Gasteiger partial charge is 0.256 e. The highest BCUT2D eigenvalue weighted by atomic mass is 16.5. The lowest BCUT2D eigenvalue weighted by Gasteiger charge is -2.35. The van der Waals surface area contributed by atoms with Gasteiger partial charge in [-0.15, -0.1) is 0 Å². The maximum Gasteiger partial charge on any atom is 0.256 e. The Balaban J connectivity index is 1.22. The number of rotatable bonds is 5. The molecule has 2 aliphatic heterocycles. The van der Waals surface area contributed by atoms with Crippen LogP contribution in [-0.2, 0) is 0 Å². The van der Waals surface area contributed by atoms with E-state index < -0.39 is 0 Å². The molecule has 0 spiro atoms. The van der Waals surface area contributed by atoms with E-state index in [9.17, 15) is 0 Å². The van der Waals surface area contributed by atoms with Crippen LogP contribution >= 0.6 is 0 Å². The SMILES string of the molecule is c1ccc(N(c2ccccc2)c2cc3c4c(c2)-n2c5c(cccc5c5c6c(c7ccccc7n6-c6ccccc6)c6c(c7ccccc7n6-c6ccccc6)c52)B4c2ccccc2O3)cc1. The fourth-order valence-electron chi connectivity index (χ4n) is 11.7. The molecule has 15 rings (SSSR count). The van der Waals surface area contributed by atoms with Crippen LogP contribution in [0.2, 0.25) is 0 Å². The van der Waals surface area contributed by atoms with Crippen LogP contribution in [0.3, 0.4) is 0 Å². The molecule has 13 aromatic rings. The number of benzene rings is 10. The van der Waals surface area contributed by atoms with Crippen molar-refractivity contribution in [2.45, 2.75) is 0 Å². The van der Waals surface area contributed by atoms with E-state index in [-0.39, 0.29) is 6.71 Å². The number of hydrogen-bond donors (Lipinski definition) is 0. The molecule has 0 atom stereocenters. The van der Waals surface area contributed by atoms with E-state index in [1.54, 1.807) is 0 Å². The molecule has 0 amide bonds. The Hall–Kier alpha value is -8.74. The fraction of sp³-hybridized carbons (Fsp3) is 0. The quantitative estimate of drug-likeness (QED) is 0.161. The summed E-state index contributed by atoms with van der Waals surface area (Å²) in [6, 6.07) is 81.6. The van der Waals surface area contributed by atoms with Crippen LogP contribution in [0.5, 0.6) is 11.5 Å². The van der Waals surface area contributed by atoms with E-state index in [1.165, 1.54) is 81.8 Å². The number of fused-ring (bicyclic) bond motifs is 16. The van der Waals surface area contributed by atoms with Gasteiger partial charge in [0.15, 0.2) is 0 Å². The third-order valence-corrected chi connectivity index (χ3v) is 14.2. The predicted molar refractivity (Wildman–Crippen MR) is 275 cm³/mol. The molecular formula is C60H37BN4O. The Morgan fingerprint density at radius 1 is 0.348 bits per heavy atom. The highest BCUT2D eigenvalue weighted by Crippen LogP contribution is 2.51. The predicted octanol–water partition coefficient (Wildman–Crippen LogP) is 13.4. The van der Waals surface area contributed by atoms with Crippen LogP contribution in [0.25, 0.3) is 82.5 Å². The van der Waals surface area contributed by atoms with E-state index in [1.807, 2.05) is 0 Å². The van der Waals surface area contributed by atoms with Gasteiger partial charge in [-0.2, -0.15) is 0 Å². The Morgan fingerprint density at radius 3 is 1.42 bits per heavy atom. The summed E-state index contributed by atoms with van der Waals surface area (Å²) in [5.74, 6) is 1.76. The zero-order chi connectivity index (χ0) is 43.0. The van der Waals surface area contributed by atoms with Crippen LogP contribution in [0.4, 0.5) is 17.1 Å². The summed E-state index contributed by atoms with van der Waals surface area (Å²) >= 11 is 0. The normalized spacial score (nSPS) is 12.6. The first-order valence-electron chi connectivity index (χ1n) is 22.7. The minimum atomic E-state index is -0.0481. The van der Waals surface area contributed by atoms with Gasteiger partial charge in [0.25, 0.3) is 6.71 Å². The first-order valence-corrected chi connectivity index (χ1v) is 22.7. The average Bonchev–Trinajstić information content (AvgIpc) is 4.03. The number of hydrogen-bond acceptors (Lipinski definition) is 2. The standard InChI is InChI=1S/C60H37BN4O/c1-5-20-38(21-6-1)62(39-22-7-2-8-23-39)42-36-50-56-52(37-42)66-51-35-18-15-31-46(51)61(56)47-32-19-30-45-55-59-53(43-28-13-16-33-48(43)64(59)41-26-11-4-12-27-41)58-54(60(55)65(50)57(45)47)44-29-14-17-34-49(44)63(58)40-24-9-3-10-25-40/h1-37H. The number of aromatic nitrogens is 3. The van der Waals surface area contributed by atoms with Crippen molar-refractivity contribution in [2.24, 2.45) is 0 Å². The van der Waals surface area contributed by atoms with Crippen molar-refractivity contribution in [1.82, 2.24) is 13.7 Å². The second-order valence-electron chi connectivity index (χ2n) is 17.6. The van der Waals surface area contributed by atoms with E-state index in [0.29, 0.717) is 0 Å². The van der Waals surface area contributed by atoms with E-state index in [4.69, 9.17) is 4.74 Å². The largest absolute Gasteiger partial charge is 0.458 e. The summed E-state index contributed by atoms with van der Waals surface area (Å²) in [5.41, 5.74) is 17.3. The second kappa shape index (κ2) is 13.4. The second-order valence-corrected chi connectivity index (χ2v) is 17.6. The van der Waals surface area contributed by atoms with Crippen LogP contribution in [0, 0.1) is 0 Å². The molecule has 2 aliphatic rings. The fourth-order valence-corrected chi connectivity index (χ4v) is 11.7. The molecule has 0 saturated heterocycles. The third-order valence-electron chi connectivity index (χ3n) is 14.2. The van der Waals surface area contributed by atoms with Gasteiger partial charge in [0.05, 0.1) is 33.3 Å². The summed E-state index contributed by atoms with van der Waals surface area (Å²) < 4.78 is 14.8. The first-order chi connectivity index (χ1) is 32.8. The number of anilines is 3. The summed E-state index contributed by atoms with van der Waals surface area (Å²) in [4.78, 5) is 2.36. The molecule has 0 aliphatic carbocycles. The van der Waals surface area contributed by atoms with Gasteiger partial charge < -0.3 is 23.3 Å². The van der Waals surface area contributed by atoms with Crippen molar-refractivity contribution in [3.05, 3.63) is 224 Å². The van der Waals surface area contributed by atoms with Gasteiger partial charge in [0.1, 0.15) is 11.5 Å². The van der Waals surface area contributed by atoms with Crippen molar-refractivity contribution in [3.8, 4) is 28.6 Å².